The average Bonchev–Trinajstić information content (AvgIpc) is 3.30. The second kappa shape index (κ2) is 6.35. The van der Waals surface area contributed by atoms with E-state index in [4.69, 9.17) is 9.47 Å². The molecule has 3 rings (SSSR count). The number of carbonyl (C=O) groups is 1. The smallest absolute Gasteiger partial charge is 0.210 e. The SMILES string of the molecule is COc1ccc(C(=O)CSc2nnnn2C2CC2)c(OC)c1. The van der Waals surface area contributed by atoms with Crippen LogP contribution in [0.2, 0.25) is 0 Å². The molecular formula is C14H16N4O3S. The van der Waals surface area contributed by atoms with Gasteiger partial charge in [0.1, 0.15) is 11.5 Å². The quantitative estimate of drug-likeness (QED) is 0.570. The second-order valence-corrected chi connectivity index (χ2v) is 5.86. The van der Waals surface area contributed by atoms with Crippen LogP contribution in [0.4, 0.5) is 0 Å². The van der Waals surface area contributed by atoms with E-state index >= 15 is 0 Å². The fourth-order valence-corrected chi connectivity index (χ4v) is 2.89. The molecule has 2 aromatic rings. The Bertz CT molecular complexity index is 684. The minimum Gasteiger partial charge on any atom is -0.497 e. The largest absolute Gasteiger partial charge is 0.497 e. The first-order chi connectivity index (χ1) is 10.7. The van der Waals surface area contributed by atoms with E-state index in [1.165, 1.54) is 18.9 Å². The molecule has 0 amide bonds. The summed E-state index contributed by atoms with van der Waals surface area (Å²) in [4.78, 5) is 12.4. The Morgan fingerprint density at radius 3 is 2.86 bits per heavy atom. The van der Waals surface area contributed by atoms with Crippen molar-refractivity contribution in [2.45, 2.75) is 24.0 Å². The number of hydrogen-bond donors (Lipinski definition) is 0. The first-order valence-corrected chi connectivity index (χ1v) is 7.87. The molecule has 0 aliphatic heterocycles. The molecule has 0 spiro atoms. The minimum absolute atomic E-state index is 0.0325. The van der Waals surface area contributed by atoms with Crippen molar-refractivity contribution in [1.82, 2.24) is 20.2 Å². The maximum absolute atomic E-state index is 12.4. The average molecular weight is 320 g/mol. The monoisotopic (exact) mass is 320 g/mol. The molecule has 116 valence electrons. The highest BCUT2D eigenvalue weighted by Crippen LogP contribution is 2.36. The predicted octanol–water partition coefficient (Wildman–Crippen LogP) is 2.00. The van der Waals surface area contributed by atoms with Gasteiger partial charge in [-0.25, -0.2) is 4.68 Å². The molecule has 1 aromatic heterocycles. The molecule has 0 bridgehead atoms. The lowest BCUT2D eigenvalue weighted by Crippen LogP contribution is -2.07. The third kappa shape index (κ3) is 3.06. The number of thioether (sulfide) groups is 1. The van der Waals surface area contributed by atoms with Crippen LogP contribution < -0.4 is 9.47 Å². The molecule has 0 atom stereocenters. The molecular weight excluding hydrogens is 304 g/mol. The summed E-state index contributed by atoms with van der Waals surface area (Å²) in [6, 6.07) is 5.55. The van der Waals surface area contributed by atoms with Gasteiger partial charge < -0.3 is 9.47 Å². The number of ketones is 1. The molecule has 8 heteroatoms. The Morgan fingerprint density at radius 2 is 2.18 bits per heavy atom. The number of methoxy groups -OCH3 is 2. The van der Waals surface area contributed by atoms with Crippen LogP contribution in [0.5, 0.6) is 11.5 Å². The van der Waals surface area contributed by atoms with Gasteiger partial charge in [-0.1, -0.05) is 11.8 Å². The van der Waals surface area contributed by atoms with Crippen molar-refractivity contribution < 1.29 is 14.3 Å². The fraction of sp³-hybridized carbons (Fsp3) is 0.429. The van der Waals surface area contributed by atoms with E-state index in [1.54, 1.807) is 30.0 Å². The van der Waals surface area contributed by atoms with E-state index < -0.39 is 0 Å². The van der Waals surface area contributed by atoms with E-state index in [-0.39, 0.29) is 11.5 Å². The van der Waals surface area contributed by atoms with Crippen molar-refractivity contribution in [3.05, 3.63) is 23.8 Å². The van der Waals surface area contributed by atoms with Gasteiger partial charge in [0.2, 0.25) is 5.16 Å². The van der Waals surface area contributed by atoms with E-state index in [9.17, 15) is 4.79 Å². The number of tetrazole rings is 1. The summed E-state index contributed by atoms with van der Waals surface area (Å²) >= 11 is 1.34. The van der Waals surface area contributed by atoms with Gasteiger partial charge in [0.05, 0.1) is 31.6 Å². The zero-order valence-corrected chi connectivity index (χ0v) is 13.2. The third-order valence-electron chi connectivity index (χ3n) is 3.40. The van der Waals surface area contributed by atoms with Crippen LogP contribution in [-0.2, 0) is 0 Å². The van der Waals surface area contributed by atoms with Gasteiger partial charge in [0.15, 0.2) is 5.78 Å². The number of benzene rings is 1. The zero-order valence-electron chi connectivity index (χ0n) is 12.4. The lowest BCUT2D eigenvalue weighted by atomic mass is 10.1. The van der Waals surface area contributed by atoms with Crippen molar-refractivity contribution >= 4 is 17.5 Å². The number of rotatable bonds is 7. The van der Waals surface area contributed by atoms with Crippen molar-refractivity contribution in [2.24, 2.45) is 0 Å². The fourth-order valence-electron chi connectivity index (χ4n) is 2.07. The molecule has 1 saturated carbocycles. The van der Waals surface area contributed by atoms with Gasteiger partial charge in [-0.15, -0.1) is 5.10 Å². The molecule has 0 radical (unpaired) electrons. The van der Waals surface area contributed by atoms with Crippen LogP contribution in [0.25, 0.3) is 0 Å². The van der Waals surface area contributed by atoms with Gasteiger partial charge >= 0.3 is 0 Å². The zero-order chi connectivity index (χ0) is 15.5. The summed E-state index contributed by atoms with van der Waals surface area (Å²) in [6.45, 7) is 0. The van der Waals surface area contributed by atoms with Gasteiger partial charge in [0, 0.05) is 6.07 Å². The van der Waals surface area contributed by atoms with Crippen molar-refractivity contribution in [3.63, 3.8) is 0 Å². The molecule has 1 fully saturated rings. The lowest BCUT2D eigenvalue weighted by Gasteiger charge is -2.09. The van der Waals surface area contributed by atoms with Crippen molar-refractivity contribution in [3.8, 4) is 11.5 Å². The standard InChI is InChI=1S/C14H16N4O3S/c1-20-10-5-6-11(13(7-10)21-2)12(19)8-22-14-15-16-17-18(14)9-3-4-9/h5-7,9H,3-4,8H2,1-2H3. The summed E-state index contributed by atoms with van der Waals surface area (Å²) in [5.41, 5.74) is 0.529. The van der Waals surface area contributed by atoms with Gasteiger partial charge in [-0.3, -0.25) is 4.79 Å². The molecule has 7 nitrogen and oxygen atoms in total. The first kappa shape index (κ1) is 14.8. The van der Waals surface area contributed by atoms with E-state index in [2.05, 4.69) is 15.5 Å². The number of hydrogen-bond acceptors (Lipinski definition) is 7. The van der Waals surface area contributed by atoms with E-state index in [0.29, 0.717) is 28.3 Å². The second-order valence-electron chi connectivity index (χ2n) is 4.92. The summed E-state index contributed by atoms with van der Waals surface area (Å²) < 4.78 is 12.2. The third-order valence-corrected chi connectivity index (χ3v) is 4.33. The molecule has 0 N–H and O–H groups in total. The Kier molecular flexibility index (Phi) is 4.28. The highest BCUT2D eigenvalue weighted by atomic mass is 32.2. The Labute approximate surface area is 132 Å². The number of ether oxygens (including phenoxy) is 2. The summed E-state index contributed by atoms with van der Waals surface area (Å²) in [6.07, 6.45) is 2.19. The molecule has 1 heterocycles. The van der Waals surface area contributed by atoms with Crippen molar-refractivity contribution in [1.29, 1.82) is 0 Å². The molecule has 0 unspecified atom stereocenters. The molecule has 1 aliphatic rings. The lowest BCUT2D eigenvalue weighted by molar-refractivity contribution is 0.101. The molecule has 1 aliphatic carbocycles. The van der Waals surface area contributed by atoms with Crippen LogP contribution in [0.3, 0.4) is 0 Å². The molecule has 22 heavy (non-hydrogen) atoms. The number of nitrogens with zero attached hydrogens (tertiary/aromatic N) is 4. The van der Waals surface area contributed by atoms with Crippen LogP contribution >= 0.6 is 11.8 Å². The highest BCUT2D eigenvalue weighted by molar-refractivity contribution is 7.99. The van der Waals surface area contributed by atoms with E-state index in [1.807, 2.05) is 0 Å². The maximum Gasteiger partial charge on any atom is 0.210 e. The molecule has 1 aromatic carbocycles. The van der Waals surface area contributed by atoms with Crippen LogP contribution in [0.1, 0.15) is 29.2 Å². The number of carbonyl (C=O) groups excluding carboxylic acids is 1. The Morgan fingerprint density at radius 1 is 1.36 bits per heavy atom. The Hall–Kier alpha value is -2.09. The number of Topliss-reactive ketones (excluding diaryl/α,β-unsaturated/α-hetero) is 1. The normalized spacial score (nSPS) is 13.9. The van der Waals surface area contributed by atoms with Crippen LogP contribution in [0.15, 0.2) is 23.4 Å². The van der Waals surface area contributed by atoms with E-state index in [0.717, 1.165) is 12.8 Å². The van der Waals surface area contributed by atoms with Crippen LogP contribution in [-0.4, -0.2) is 46.0 Å². The first-order valence-electron chi connectivity index (χ1n) is 6.89. The van der Waals surface area contributed by atoms with Crippen molar-refractivity contribution in [2.75, 3.05) is 20.0 Å². The summed E-state index contributed by atoms with van der Waals surface area (Å²) in [5, 5.41) is 12.3. The van der Waals surface area contributed by atoms with Crippen LogP contribution in [0, 0.1) is 0 Å². The Balaban J connectivity index is 1.70. The van der Waals surface area contributed by atoms with Gasteiger partial charge in [-0.2, -0.15) is 0 Å². The highest BCUT2D eigenvalue weighted by Gasteiger charge is 2.28. The topological polar surface area (TPSA) is 79.1 Å². The minimum atomic E-state index is -0.0325. The predicted molar refractivity (Wildman–Crippen MR) is 80.7 cm³/mol. The van der Waals surface area contributed by atoms with Gasteiger partial charge in [-0.05, 0) is 35.4 Å². The maximum atomic E-state index is 12.4. The summed E-state index contributed by atoms with van der Waals surface area (Å²) in [5.74, 6) is 1.38. The summed E-state index contributed by atoms with van der Waals surface area (Å²) in [7, 11) is 3.11. The number of aromatic nitrogens is 4. The molecule has 0 saturated heterocycles. The van der Waals surface area contributed by atoms with Gasteiger partial charge in [0.25, 0.3) is 0 Å².